The quantitative estimate of drug-likeness (QED) is 0.897. The summed E-state index contributed by atoms with van der Waals surface area (Å²) in [5.41, 5.74) is 1.09. The van der Waals surface area contributed by atoms with Crippen LogP contribution >= 0.6 is 0 Å². The van der Waals surface area contributed by atoms with Gasteiger partial charge in [-0.2, -0.15) is 0 Å². The first kappa shape index (κ1) is 15.0. The van der Waals surface area contributed by atoms with Gasteiger partial charge >= 0.3 is 0 Å². The molecule has 0 bridgehead atoms. The summed E-state index contributed by atoms with van der Waals surface area (Å²) in [5, 5.41) is 9.44. The molecular weight excluding hydrogens is 250 g/mol. The number of rotatable bonds is 5. The van der Waals surface area contributed by atoms with E-state index in [1.165, 1.54) is 0 Å². The molecule has 20 heavy (non-hydrogen) atoms. The fourth-order valence-corrected chi connectivity index (χ4v) is 3.10. The molecule has 1 aromatic rings. The summed E-state index contributed by atoms with van der Waals surface area (Å²) in [5.74, 6) is 0.403. The number of nitrogens with zero attached hydrogens (tertiary/aromatic N) is 1. The van der Waals surface area contributed by atoms with Crippen LogP contribution < -0.4 is 0 Å². The minimum atomic E-state index is -0.0895. The van der Waals surface area contributed by atoms with Crippen molar-refractivity contribution >= 4 is 5.91 Å². The lowest BCUT2D eigenvalue weighted by molar-refractivity contribution is -0.135. The van der Waals surface area contributed by atoms with E-state index in [9.17, 15) is 9.90 Å². The zero-order chi connectivity index (χ0) is 14.5. The molecule has 2 unspecified atom stereocenters. The van der Waals surface area contributed by atoms with Gasteiger partial charge in [-0.25, -0.2) is 0 Å². The van der Waals surface area contributed by atoms with Gasteiger partial charge < -0.3 is 10.0 Å². The van der Waals surface area contributed by atoms with E-state index < -0.39 is 0 Å². The third kappa shape index (κ3) is 3.04. The molecule has 110 valence electrons. The average Bonchev–Trinajstić information content (AvgIpc) is 2.96. The van der Waals surface area contributed by atoms with Crippen molar-refractivity contribution in [2.45, 2.75) is 45.1 Å². The summed E-state index contributed by atoms with van der Waals surface area (Å²) in [7, 11) is 0. The van der Waals surface area contributed by atoms with Crippen molar-refractivity contribution in [3.8, 4) is 0 Å². The van der Waals surface area contributed by atoms with Gasteiger partial charge in [-0.15, -0.1) is 0 Å². The first-order valence-electron chi connectivity index (χ1n) is 7.65. The van der Waals surface area contributed by atoms with Gasteiger partial charge in [0.1, 0.15) is 0 Å². The zero-order valence-electron chi connectivity index (χ0n) is 12.5. The molecule has 1 N–H and O–H groups in total. The molecule has 0 saturated carbocycles. The first-order chi connectivity index (χ1) is 9.69. The second-order valence-electron chi connectivity index (χ2n) is 5.78. The van der Waals surface area contributed by atoms with Crippen molar-refractivity contribution in [2.75, 3.05) is 13.2 Å². The lowest BCUT2D eigenvalue weighted by Gasteiger charge is -2.31. The summed E-state index contributed by atoms with van der Waals surface area (Å²) in [6, 6.07) is 10.1. The van der Waals surface area contributed by atoms with E-state index in [1.807, 2.05) is 35.2 Å². The van der Waals surface area contributed by atoms with Crippen LogP contribution in [0.5, 0.6) is 0 Å². The summed E-state index contributed by atoms with van der Waals surface area (Å²) < 4.78 is 0. The molecule has 1 aliphatic heterocycles. The van der Waals surface area contributed by atoms with Gasteiger partial charge in [0, 0.05) is 6.54 Å². The van der Waals surface area contributed by atoms with Crippen LogP contribution in [0.4, 0.5) is 0 Å². The van der Waals surface area contributed by atoms with Crippen LogP contribution in [0.25, 0.3) is 0 Å². The van der Waals surface area contributed by atoms with Crippen LogP contribution in [0, 0.1) is 5.92 Å². The van der Waals surface area contributed by atoms with Gasteiger partial charge in [0.2, 0.25) is 5.91 Å². The first-order valence-corrected chi connectivity index (χ1v) is 7.65. The molecule has 3 heteroatoms. The van der Waals surface area contributed by atoms with Gasteiger partial charge in [0.15, 0.2) is 0 Å². The molecule has 1 heterocycles. The van der Waals surface area contributed by atoms with E-state index in [0.717, 1.165) is 31.4 Å². The molecule has 1 amide bonds. The number of hydrogen-bond donors (Lipinski definition) is 1. The molecule has 0 radical (unpaired) electrons. The smallest absolute Gasteiger partial charge is 0.230 e. The van der Waals surface area contributed by atoms with Crippen molar-refractivity contribution in [2.24, 2.45) is 5.92 Å². The van der Waals surface area contributed by atoms with Gasteiger partial charge in [0.05, 0.1) is 18.6 Å². The molecule has 1 aliphatic rings. The highest BCUT2D eigenvalue weighted by Gasteiger charge is 2.35. The van der Waals surface area contributed by atoms with Gasteiger partial charge in [-0.05, 0) is 24.3 Å². The fraction of sp³-hybridized carbons (Fsp3) is 0.588. The minimum absolute atomic E-state index is 0.0118. The Balaban J connectivity index is 2.25. The number of carbonyl (C=O) groups is 1. The Hall–Kier alpha value is -1.35. The largest absolute Gasteiger partial charge is 0.394 e. The van der Waals surface area contributed by atoms with Crippen LogP contribution in [0.15, 0.2) is 30.3 Å². The molecule has 0 spiro atoms. The lowest BCUT2D eigenvalue weighted by Crippen LogP contribution is -2.42. The van der Waals surface area contributed by atoms with E-state index in [4.69, 9.17) is 0 Å². The van der Waals surface area contributed by atoms with E-state index in [-0.39, 0.29) is 24.5 Å². The Morgan fingerprint density at radius 1 is 1.40 bits per heavy atom. The average molecular weight is 275 g/mol. The van der Waals surface area contributed by atoms with E-state index in [1.54, 1.807) is 0 Å². The highest BCUT2D eigenvalue weighted by molar-refractivity contribution is 5.84. The maximum Gasteiger partial charge on any atom is 0.230 e. The molecular formula is C17H25NO2. The summed E-state index contributed by atoms with van der Waals surface area (Å²) >= 11 is 0. The van der Waals surface area contributed by atoms with Gasteiger partial charge in [-0.3, -0.25) is 4.79 Å². The third-order valence-electron chi connectivity index (χ3n) is 4.51. The lowest BCUT2D eigenvalue weighted by atomic mass is 9.84. The Kier molecular flexibility index (Phi) is 5.18. The highest BCUT2D eigenvalue weighted by Crippen LogP contribution is 2.31. The Morgan fingerprint density at radius 2 is 2.10 bits per heavy atom. The van der Waals surface area contributed by atoms with E-state index >= 15 is 0 Å². The molecule has 1 saturated heterocycles. The van der Waals surface area contributed by atoms with E-state index in [2.05, 4.69) is 13.8 Å². The van der Waals surface area contributed by atoms with Crippen molar-refractivity contribution in [1.82, 2.24) is 4.90 Å². The predicted octanol–water partition coefficient (Wildman–Crippen LogP) is 2.80. The summed E-state index contributed by atoms with van der Waals surface area (Å²) in [6.07, 6.45) is 2.90. The number of aliphatic hydroxyl groups excluding tert-OH is 1. The molecule has 3 nitrogen and oxygen atoms in total. The maximum absolute atomic E-state index is 12.9. The molecule has 1 fully saturated rings. The van der Waals surface area contributed by atoms with Gasteiger partial charge in [0.25, 0.3) is 0 Å². The fourth-order valence-electron chi connectivity index (χ4n) is 3.10. The van der Waals surface area contributed by atoms with Crippen LogP contribution in [-0.2, 0) is 4.79 Å². The zero-order valence-corrected chi connectivity index (χ0v) is 12.5. The highest BCUT2D eigenvalue weighted by atomic mass is 16.3. The molecule has 1 aromatic carbocycles. The third-order valence-corrected chi connectivity index (χ3v) is 4.51. The number of carbonyl (C=O) groups excluding carboxylic acids is 1. The van der Waals surface area contributed by atoms with Crippen molar-refractivity contribution in [3.63, 3.8) is 0 Å². The number of hydrogen-bond acceptors (Lipinski definition) is 2. The van der Waals surface area contributed by atoms with Crippen molar-refractivity contribution in [1.29, 1.82) is 0 Å². The van der Waals surface area contributed by atoms with Crippen LogP contribution in [-0.4, -0.2) is 35.1 Å². The number of aliphatic hydroxyl groups is 1. The maximum atomic E-state index is 12.9. The van der Waals surface area contributed by atoms with Gasteiger partial charge in [-0.1, -0.05) is 50.6 Å². The van der Waals surface area contributed by atoms with E-state index in [0.29, 0.717) is 5.92 Å². The number of benzene rings is 1. The normalized spacial score (nSPS) is 21.8. The van der Waals surface area contributed by atoms with Crippen LogP contribution in [0.1, 0.15) is 44.6 Å². The standard InChI is InChI=1S/C17H25NO2/c1-3-13(2)16(14-8-5-4-6-9-14)17(20)18-11-7-10-15(18)12-19/h4-6,8-9,13,15-16,19H,3,7,10-12H2,1-2H3/t13?,15-,16?/m1/s1. The van der Waals surface area contributed by atoms with Crippen molar-refractivity contribution < 1.29 is 9.90 Å². The van der Waals surface area contributed by atoms with Crippen LogP contribution in [0.3, 0.4) is 0 Å². The second kappa shape index (κ2) is 6.89. The van der Waals surface area contributed by atoms with Crippen LogP contribution in [0.2, 0.25) is 0 Å². The summed E-state index contributed by atoms with van der Waals surface area (Å²) in [6.45, 7) is 5.12. The Morgan fingerprint density at radius 3 is 2.70 bits per heavy atom. The monoisotopic (exact) mass is 275 g/mol. The Bertz CT molecular complexity index is 432. The molecule has 3 atom stereocenters. The Labute approximate surface area is 121 Å². The summed E-state index contributed by atoms with van der Waals surface area (Å²) in [4.78, 5) is 14.8. The molecule has 2 rings (SSSR count). The SMILES string of the molecule is CCC(C)C(C(=O)N1CCC[C@@H]1CO)c1ccccc1. The number of amides is 1. The minimum Gasteiger partial charge on any atom is -0.394 e. The molecule has 0 aromatic heterocycles. The predicted molar refractivity (Wildman–Crippen MR) is 80.5 cm³/mol. The number of likely N-dealkylation sites (tertiary alicyclic amines) is 1. The molecule has 0 aliphatic carbocycles. The second-order valence-corrected chi connectivity index (χ2v) is 5.78. The topological polar surface area (TPSA) is 40.5 Å². The van der Waals surface area contributed by atoms with Crippen molar-refractivity contribution in [3.05, 3.63) is 35.9 Å².